The summed E-state index contributed by atoms with van der Waals surface area (Å²) in [6.45, 7) is 9.72. The van der Waals surface area contributed by atoms with Gasteiger partial charge in [-0.2, -0.15) is 0 Å². The molecule has 6 heteroatoms. The number of carboxylic acids is 1. The minimum absolute atomic E-state index is 0.0255. The average Bonchev–Trinajstić information content (AvgIpc) is 3.11. The first kappa shape index (κ1) is 23.0. The Morgan fingerprint density at radius 1 is 1.27 bits per heavy atom. The van der Waals surface area contributed by atoms with E-state index in [0.29, 0.717) is 18.0 Å². The van der Waals surface area contributed by atoms with Crippen molar-refractivity contribution in [3.05, 3.63) is 23.8 Å². The highest BCUT2D eigenvalue weighted by Crippen LogP contribution is 2.37. The van der Waals surface area contributed by atoms with Crippen LogP contribution in [0.15, 0.2) is 23.2 Å². The Balaban J connectivity index is 1.96. The van der Waals surface area contributed by atoms with E-state index in [1.165, 1.54) is 37.8 Å². The van der Waals surface area contributed by atoms with Crippen LogP contribution in [0.2, 0.25) is 0 Å². The van der Waals surface area contributed by atoms with E-state index in [2.05, 4.69) is 49.2 Å². The number of rotatable bonds is 8. The molecule has 1 aromatic rings. The molecule has 3 rings (SSSR count). The Morgan fingerprint density at radius 2 is 2.00 bits per heavy atom. The molecule has 0 aromatic heterocycles. The Kier molecular flexibility index (Phi) is 8.09. The molecule has 0 spiro atoms. The number of carbonyl (C=O) groups is 1. The second-order valence-electron chi connectivity index (χ2n) is 9.33. The third-order valence-corrected chi connectivity index (χ3v) is 7.13. The van der Waals surface area contributed by atoms with E-state index in [4.69, 9.17) is 4.99 Å². The van der Waals surface area contributed by atoms with E-state index in [0.717, 1.165) is 28.7 Å². The van der Waals surface area contributed by atoms with Crippen molar-refractivity contribution in [2.75, 3.05) is 22.5 Å². The monoisotopic (exact) mass is 431 g/mol. The topological polar surface area (TPSA) is 64.9 Å². The molecule has 2 atom stereocenters. The fourth-order valence-electron chi connectivity index (χ4n) is 4.48. The maximum absolute atomic E-state index is 11.2. The lowest BCUT2D eigenvalue weighted by atomic mass is 9.92. The van der Waals surface area contributed by atoms with Crippen molar-refractivity contribution in [3.8, 4) is 0 Å². The molecule has 2 N–H and O–H groups in total. The third kappa shape index (κ3) is 6.16. The van der Waals surface area contributed by atoms with Crippen LogP contribution in [0, 0.1) is 5.92 Å². The fraction of sp³-hybridized carbons (Fsp3) is 0.667. The van der Waals surface area contributed by atoms with Crippen LogP contribution in [0.4, 0.5) is 11.4 Å². The quantitative estimate of drug-likeness (QED) is 0.531. The number of nitrogens with one attached hydrogen (secondary N) is 1. The molecular weight excluding hydrogens is 394 g/mol. The van der Waals surface area contributed by atoms with Gasteiger partial charge in [0.15, 0.2) is 5.17 Å². The first-order valence-corrected chi connectivity index (χ1v) is 12.4. The van der Waals surface area contributed by atoms with Crippen LogP contribution >= 0.6 is 11.8 Å². The summed E-state index contributed by atoms with van der Waals surface area (Å²) in [4.78, 5) is 18.6. The zero-order chi connectivity index (χ0) is 21.7. The van der Waals surface area contributed by atoms with Crippen molar-refractivity contribution in [3.63, 3.8) is 0 Å². The van der Waals surface area contributed by atoms with Gasteiger partial charge in [0.25, 0.3) is 0 Å². The summed E-state index contributed by atoms with van der Waals surface area (Å²) in [5.41, 5.74) is 3.36. The van der Waals surface area contributed by atoms with Crippen molar-refractivity contribution in [1.29, 1.82) is 0 Å². The highest BCUT2D eigenvalue weighted by Gasteiger charge is 2.26. The Bertz CT molecular complexity index is 759. The van der Waals surface area contributed by atoms with Crippen LogP contribution < -0.4 is 10.2 Å². The van der Waals surface area contributed by atoms with Crippen LogP contribution in [-0.4, -0.2) is 40.6 Å². The average molecular weight is 432 g/mol. The number of hydrogen-bond acceptors (Lipinski definition) is 5. The van der Waals surface area contributed by atoms with Gasteiger partial charge in [0.2, 0.25) is 0 Å². The van der Waals surface area contributed by atoms with Gasteiger partial charge in [-0.25, -0.2) is 0 Å². The number of anilines is 2. The largest absolute Gasteiger partial charge is 0.481 e. The predicted octanol–water partition coefficient (Wildman–Crippen LogP) is 5.96. The van der Waals surface area contributed by atoms with Crippen molar-refractivity contribution in [2.45, 2.75) is 84.2 Å². The molecule has 0 bridgehead atoms. The van der Waals surface area contributed by atoms with Crippen LogP contribution in [0.1, 0.15) is 77.7 Å². The second kappa shape index (κ2) is 10.6. The summed E-state index contributed by atoms with van der Waals surface area (Å²) in [7, 11) is 0. The van der Waals surface area contributed by atoms with E-state index < -0.39 is 5.97 Å². The maximum Gasteiger partial charge on any atom is 0.303 e. The van der Waals surface area contributed by atoms with Crippen molar-refractivity contribution >= 4 is 34.3 Å². The Morgan fingerprint density at radius 3 is 2.60 bits per heavy atom. The smallest absolute Gasteiger partial charge is 0.303 e. The molecule has 1 aliphatic heterocycles. The maximum atomic E-state index is 11.2. The molecule has 2 aliphatic rings. The highest BCUT2D eigenvalue weighted by atomic mass is 32.2. The van der Waals surface area contributed by atoms with Gasteiger partial charge in [0.1, 0.15) is 0 Å². The van der Waals surface area contributed by atoms with Crippen molar-refractivity contribution in [1.82, 2.24) is 0 Å². The summed E-state index contributed by atoms with van der Waals surface area (Å²) >= 11 is 1.77. The molecule has 0 radical (unpaired) electrons. The van der Waals surface area contributed by atoms with Gasteiger partial charge < -0.3 is 15.3 Å². The lowest BCUT2D eigenvalue weighted by Crippen LogP contribution is -2.39. The lowest BCUT2D eigenvalue weighted by Gasteiger charge is -2.38. The standard InChI is InChI=1S/C24H37N3O2S/c1-16(2)14-27(20-8-6-5-7-9-20)22-11-10-19(17(3)12-23(28)29)13-21(22)26-24-25-18(4)15-30-24/h10-11,13,16-18,20H,5-9,12,14-15H2,1-4H3,(H,25,26)(H,28,29). The summed E-state index contributed by atoms with van der Waals surface area (Å²) in [6.07, 6.45) is 6.58. The number of aliphatic carboxylic acids is 1. The summed E-state index contributed by atoms with van der Waals surface area (Å²) < 4.78 is 0. The van der Waals surface area contributed by atoms with Crippen molar-refractivity contribution < 1.29 is 9.90 Å². The number of thioether (sulfide) groups is 1. The first-order chi connectivity index (χ1) is 14.3. The van der Waals surface area contributed by atoms with E-state index in [9.17, 15) is 9.90 Å². The molecule has 1 saturated carbocycles. The molecular formula is C24H37N3O2S. The zero-order valence-corrected chi connectivity index (χ0v) is 19.7. The SMILES string of the molecule is CC(C)CN(c1ccc(C(C)CC(=O)O)cc1NC1=NC(C)CS1)C1CCCCC1. The minimum atomic E-state index is -0.755. The number of hydrogen-bond donors (Lipinski definition) is 2. The van der Waals surface area contributed by atoms with E-state index in [1.54, 1.807) is 11.8 Å². The van der Waals surface area contributed by atoms with Gasteiger partial charge in [-0.15, -0.1) is 0 Å². The van der Waals surface area contributed by atoms with E-state index in [1.807, 2.05) is 6.92 Å². The van der Waals surface area contributed by atoms with E-state index in [-0.39, 0.29) is 12.3 Å². The van der Waals surface area contributed by atoms with Gasteiger partial charge in [0, 0.05) is 18.3 Å². The molecule has 1 aliphatic carbocycles. The zero-order valence-electron chi connectivity index (χ0n) is 18.9. The summed E-state index contributed by atoms with van der Waals surface area (Å²) in [5, 5.41) is 13.8. The predicted molar refractivity (Wildman–Crippen MR) is 129 cm³/mol. The lowest BCUT2D eigenvalue weighted by molar-refractivity contribution is -0.137. The van der Waals surface area contributed by atoms with E-state index >= 15 is 0 Å². The number of aliphatic imine (C=N–C) groups is 1. The number of benzene rings is 1. The molecule has 5 nitrogen and oxygen atoms in total. The Hall–Kier alpha value is -1.69. The molecule has 1 fully saturated rings. The molecule has 2 unspecified atom stereocenters. The third-order valence-electron chi connectivity index (χ3n) is 6.00. The first-order valence-electron chi connectivity index (χ1n) is 11.4. The molecule has 30 heavy (non-hydrogen) atoms. The van der Waals surface area contributed by atoms with Gasteiger partial charge >= 0.3 is 5.97 Å². The Labute approximate surface area is 185 Å². The van der Waals surface area contributed by atoms with Gasteiger partial charge in [-0.1, -0.05) is 57.9 Å². The summed E-state index contributed by atoms with van der Waals surface area (Å²) in [6, 6.07) is 7.39. The van der Waals surface area contributed by atoms with Crippen molar-refractivity contribution in [2.24, 2.45) is 10.9 Å². The van der Waals surface area contributed by atoms with Gasteiger partial charge in [-0.05, 0) is 49.3 Å². The van der Waals surface area contributed by atoms with Crippen LogP contribution in [0.3, 0.4) is 0 Å². The van der Waals surface area contributed by atoms with Crippen LogP contribution in [0.5, 0.6) is 0 Å². The highest BCUT2D eigenvalue weighted by molar-refractivity contribution is 8.14. The summed E-state index contributed by atoms with van der Waals surface area (Å²) in [5.74, 6) is 0.797. The molecule has 1 aromatic carbocycles. The fourth-order valence-corrected chi connectivity index (χ4v) is 5.39. The minimum Gasteiger partial charge on any atom is -0.481 e. The van der Waals surface area contributed by atoms with Gasteiger partial charge in [0.05, 0.1) is 23.8 Å². The molecule has 166 valence electrons. The number of nitrogens with zero attached hydrogens (tertiary/aromatic N) is 2. The van der Waals surface area contributed by atoms with Crippen LogP contribution in [-0.2, 0) is 4.79 Å². The van der Waals surface area contributed by atoms with Gasteiger partial charge in [-0.3, -0.25) is 9.79 Å². The second-order valence-corrected chi connectivity index (χ2v) is 10.3. The molecule has 1 heterocycles. The molecule has 0 saturated heterocycles. The molecule has 0 amide bonds. The van der Waals surface area contributed by atoms with Crippen LogP contribution in [0.25, 0.3) is 0 Å². The number of amidine groups is 1. The normalized spacial score (nSPS) is 20.8. The number of carboxylic acid groups (broad SMARTS) is 1.